The summed E-state index contributed by atoms with van der Waals surface area (Å²) in [6.45, 7) is 5.08. The molecular formula is C17H24N2O3. The molecule has 1 aromatic rings. The van der Waals surface area contributed by atoms with Crippen LogP contribution in [-0.2, 0) is 9.59 Å². The second kappa shape index (κ2) is 6.48. The van der Waals surface area contributed by atoms with Crippen LogP contribution in [0.3, 0.4) is 0 Å². The van der Waals surface area contributed by atoms with Gasteiger partial charge in [0.25, 0.3) is 0 Å². The van der Waals surface area contributed by atoms with Crippen LogP contribution in [-0.4, -0.2) is 54.0 Å². The summed E-state index contributed by atoms with van der Waals surface area (Å²) in [4.78, 5) is 27.2. The van der Waals surface area contributed by atoms with Crippen molar-refractivity contribution in [2.45, 2.75) is 26.3 Å². The van der Waals surface area contributed by atoms with Gasteiger partial charge in [0.2, 0.25) is 5.91 Å². The normalized spacial score (nSPS) is 19.8. The van der Waals surface area contributed by atoms with Crippen LogP contribution in [0.2, 0.25) is 0 Å². The van der Waals surface area contributed by atoms with E-state index in [1.54, 1.807) is 4.90 Å². The number of rotatable bonds is 5. The summed E-state index contributed by atoms with van der Waals surface area (Å²) >= 11 is 0. The van der Waals surface area contributed by atoms with Gasteiger partial charge in [0.05, 0.1) is 12.0 Å². The van der Waals surface area contributed by atoms with E-state index in [0.29, 0.717) is 13.1 Å². The van der Waals surface area contributed by atoms with E-state index in [2.05, 4.69) is 26.0 Å². The van der Waals surface area contributed by atoms with Crippen LogP contribution >= 0.6 is 0 Å². The van der Waals surface area contributed by atoms with E-state index >= 15 is 0 Å². The number of amides is 1. The first-order valence-electron chi connectivity index (χ1n) is 7.53. The van der Waals surface area contributed by atoms with Crippen LogP contribution in [0.15, 0.2) is 18.2 Å². The van der Waals surface area contributed by atoms with Gasteiger partial charge in [0.15, 0.2) is 0 Å². The predicted molar refractivity (Wildman–Crippen MR) is 84.7 cm³/mol. The number of carboxylic acids is 1. The quantitative estimate of drug-likeness (QED) is 0.901. The van der Waals surface area contributed by atoms with E-state index in [1.165, 1.54) is 11.1 Å². The lowest BCUT2D eigenvalue weighted by Crippen LogP contribution is -2.37. The summed E-state index contributed by atoms with van der Waals surface area (Å²) in [5.74, 6) is -1.55. The highest BCUT2D eigenvalue weighted by Crippen LogP contribution is 2.30. The number of aliphatic carboxylic acids is 1. The molecular weight excluding hydrogens is 280 g/mol. The van der Waals surface area contributed by atoms with Crippen LogP contribution in [0.1, 0.15) is 29.2 Å². The molecule has 2 atom stereocenters. The van der Waals surface area contributed by atoms with Crippen molar-refractivity contribution in [2.24, 2.45) is 5.92 Å². The predicted octanol–water partition coefficient (Wildman–Crippen LogP) is 1.84. The Labute approximate surface area is 131 Å². The maximum Gasteiger partial charge on any atom is 0.308 e. The molecule has 0 radical (unpaired) electrons. The average molecular weight is 304 g/mol. The molecule has 1 heterocycles. The van der Waals surface area contributed by atoms with Crippen molar-refractivity contribution in [1.82, 2.24) is 9.80 Å². The van der Waals surface area contributed by atoms with E-state index in [1.807, 2.05) is 25.1 Å². The van der Waals surface area contributed by atoms with Gasteiger partial charge in [0.1, 0.15) is 0 Å². The molecule has 1 N–H and O–H groups in total. The highest BCUT2D eigenvalue weighted by molar-refractivity contribution is 5.86. The summed E-state index contributed by atoms with van der Waals surface area (Å²) in [6.07, 6.45) is 0.101. The molecule has 1 amide bonds. The molecule has 0 bridgehead atoms. The molecule has 2 rings (SSSR count). The third-order valence-electron chi connectivity index (χ3n) is 4.34. The second-order valence-corrected chi connectivity index (χ2v) is 6.41. The first-order valence-corrected chi connectivity index (χ1v) is 7.53. The molecule has 0 saturated carbocycles. The molecule has 5 heteroatoms. The van der Waals surface area contributed by atoms with Gasteiger partial charge in [-0.05, 0) is 44.6 Å². The van der Waals surface area contributed by atoms with E-state index < -0.39 is 11.9 Å². The number of hydrogen-bond donors (Lipinski definition) is 1. The van der Waals surface area contributed by atoms with E-state index in [9.17, 15) is 14.7 Å². The number of carboxylic acid groups (broad SMARTS) is 1. The lowest BCUT2D eigenvalue weighted by atomic mass is 9.99. The van der Waals surface area contributed by atoms with Gasteiger partial charge < -0.3 is 14.9 Å². The Hall–Kier alpha value is -1.88. The summed E-state index contributed by atoms with van der Waals surface area (Å²) in [5, 5.41) is 9.17. The number of carbonyl (C=O) groups excluding carboxylic acids is 1. The third-order valence-corrected chi connectivity index (χ3v) is 4.34. The first-order chi connectivity index (χ1) is 10.3. The molecule has 1 aromatic carbocycles. The fraction of sp³-hybridized carbons (Fsp3) is 0.529. The fourth-order valence-electron chi connectivity index (χ4n) is 2.90. The Morgan fingerprint density at radius 1 is 1.36 bits per heavy atom. The summed E-state index contributed by atoms with van der Waals surface area (Å²) in [6, 6.07) is 6.09. The highest BCUT2D eigenvalue weighted by atomic mass is 16.4. The lowest BCUT2D eigenvalue weighted by Gasteiger charge is -2.31. The van der Waals surface area contributed by atoms with Crippen LogP contribution in [0, 0.1) is 19.8 Å². The number of likely N-dealkylation sites (tertiary alicyclic amines) is 1. The second-order valence-electron chi connectivity index (χ2n) is 6.41. The SMILES string of the molecule is Cc1ccc(C(CN(C)C)N2CC(C(=O)O)CC2=O)cc1C. The van der Waals surface area contributed by atoms with Crippen molar-refractivity contribution in [3.63, 3.8) is 0 Å². The molecule has 0 aliphatic carbocycles. The number of carbonyl (C=O) groups is 2. The number of likely N-dealkylation sites (N-methyl/N-ethyl adjacent to an activating group) is 1. The van der Waals surface area contributed by atoms with Gasteiger partial charge in [-0.3, -0.25) is 9.59 Å². The van der Waals surface area contributed by atoms with Crippen LogP contribution < -0.4 is 0 Å². The number of hydrogen-bond acceptors (Lipinski definition) is 3. The van der Waals surface area contributed by atoms with Gasteiger partial charge >= 0.3 is 5.97 Å². The minimum Gasteiger partial charge on any atom is -0.481 e. The molecule has 1 aliphatic rings. The molecule has 1 saturated heterocycles. The maximum absolute atomic E-state index is 12.3. The molecule has 5 nitrogen and oxygen atoms in total. The number of benzene rings is 1. The van der Waals surface area contributed by atoms with Crippen molar-refractivity contribution >= 4 is 11.9 Å². The van der Waals surface area contributed by atoms with Gasteiger partial charge in [-0.1, -0.05) is 18.2 Å². The topological polar surface area (TPSA) is 60.9 Å². The van der Waals surface area contributed by atoms with Gasteiger partial charge in [0, 0.05) is 19.5 Å². The highest BCUT2D eigenvalue weighted by Gasteiger charge is 2.38. The molecule has 1 aliphatic heterocycles. The Kier molecular flexibility index (Phi) is 4.86. The van der Waals surface area contributed by atoms with E-state index in [-0.39, 0.29) is 18.4 Å². The molecule has 0 aromatic heterocycles. The summed E-state index contributed by atoms with van der Waals surface area (Å²) < 4.78 is 0. The lowest BCUT2D eigenvalue weighted by molar-refractivity contribution is -0.141. The molecule has 120 valence electrons. The maximum atomic E-state index is 12.3. The molecule has 2 unspecified atom stereocenters. The van der Waals surface area contributed by atoms with Crippen molar-refractivity contribution in [3.05, 3.63) is 34.9 Å². The molecule has 22 heavy (non-hydrogen) atoms. The summed E-state index contributed by atoms with van der Waals surface area (Å²) in [5.41, 5.74) is 3.46. The average Bonchev–Trinajstić information content (AvgIpc) is 2.81. The molecule has 0 spiro atoms. The monoisotopic (exact) mass is 304 g/mol. The smallest absolute Gasteiger partial charge is 0.308 e. The van der Waals surface area contributed by atoms with E-state index in [0.717, 1.165) is 5.56 Å². The largest absolute Gasteiger partial charge is 0.481 e. The van der Waals surface area contributed by atoms with Gasteiger partial charge in [-0.15, -0.1) is 0 Å². The van der Waals surface area contributed by atoms with Crippen LogP contribution in [0.4, 0.5) is 0 Å². The van der Waals surface area contributed by atoms with Crippen LogP contribution in [0.5, 0.6) is 0 Å². The van der Waals surface area contributed by atoms with Crippen LogP contribution in [0.25, 0.3) is 0 Å². The minimum absolute atomic E-state index is 0.0718. The Bertz CT molecular complexity index is 583. The summed E-state index contributed by atoms with van der Waals surface area (Å²) in [7, 11) is 3.92. The standard InChI is InChI=1S/C17H24N2O3/c1-11-5-6-13(7-12(11)2)15(10-18(3)4)19-9-14(17(21)22)8-16(19)20/h5-7,14-15H,8-10H2,1-4H3,(H,21,22). The van der Waals surface area contributed by atoms with Gasteiger partial charge in [-0.2, -0.15) is 0 Å². The van der Waals surface area contributed by atoms with Crippen molar-refractivity contribution < 1.29 is 14.7 Å². The third kappa shape index (κ3) is 3.47. The fourth-order valence-corrected chi connectivity index (χ4v) is 2.90. The van der Waals surface area contributed by atoms with Crippen molar-refractivity contribution in [1.29, 1.82) is 0 Å². The minimum atomic E-state index is -0.889. The number of nitrogens with zero attached hydrogens (tertiary/aromatic N) is 2. The zero-order valence-electron chi connectivity index (χ0n) is 13.7. The molecule has 1 fully saturated rings. The Balaban J connectivity index is 2.32. The van der Waals surface area contributed by atoms with Crippen molar-refractivity contribution in [3.8, 4) is 0 Å². The van der Waals surface area contributed by atoms with E-state index in [4.69, 9.17) is 0 Å². The Morgan fingerprint density at radius 3 is 2.55 bits per heavy atom. The zero-order chi connectivity index (χ0) is 16.4. The Morgan fingerprint density at radius 2 is 2.05 bits per heavy atom. The number of aryl methyl sites for hydroxylation is 2. The zero-order valence-corrected chi connectivity index (χ0v) is 13.7. The van der Waals surface area contributed by atoms with Crippen molar-refractivity contribution in [2.75, 3.05) is 27.2 Å². The van der Waals surface area contributed by atoms with Gasteiger partial charge in [-0.25, -0.2) is 0 Å². The first kappa shape index (κ1) is 16.5.